The number of ether oxygens (including phenoxy) is 5. The Labute approximate surface area is 225 Å². The van der Waals surface area contributed by atoms with Crippen LogP contribution in [0.15, 0.2) is 96.6 Å². The van der Waals surface area contributed by atoms with Crippen LogP contribution >= 0.6 is 0 Å². The molecule has 4 aromatic carbocycles. The Balaban J connectivity index is 1.54. The van der Waals surface area contributed by atoms with Gasteiger partial charge in [0.05, 0.1) is 19.8 Å². The number of hydrogen-bond acceptors (Lipinski definition) is 7. The Morgan fingerprint density at radius 3 is 2.36 bits per heavy atom. The number of esters is 1. The lowest BCUT2D eigenvalue weighted by molar-refractivity contribution is -0.138. The molecule has 1 N–H and O–H groups in total. The third-order valence-corrected chi connectivity index (χ3v) is 7.07. The number of carbonyl (C=O) groups is 1. The minimum Gasteiger partial charge on any atom is -0.497 e. The molecule has 0 spiro atoms. The molecule has 196 valence electrons. The molecule has 0 amide bonds. The van der Waals surface area contributed by atoms with Gasteiger partial charge in [-0.25, -0.2) is 4.79 Å². The van der Waals surface area contributed by atoms with E-state index in [-0.39, 0.29) is 12.4 Å². The van der Waals surface area contributed by atoms with Crippen LogP contribution in [-0.2, 0) is 21.7 Å². The first-order valence-corrected chi connectivity index (χ1v) is 12.4. The van der Waals surface area contributed by atoms with E-state index in [9.17, 15) is 9.90 Å². The summed E-state index contributed by atoms with van der Waals surface area (Å²) in [6.45, 7) is 0.475. The van der Waals surface area contributed by atoms with E-state index < -0.39 is 11.6 Å². The number of rotatable bonds is 7. The van der Waals surface area contributed by atoms with Crippen LogP contribution in [0.4, 0.5) is 0 Å². The lowest BCUT2D eigenvalue weighted by atomic mass is 9.83. The van der Waals surface area contributed by atoms with Crippen LogP contribution in [0.25, 0.3) is 5.57 Å². The van der Waals surface area contributed by atoms with Gasteiger partial charge in [0.2, 0.25) is 6.79 Å². The van der Waals surface area contributed by atoms with Crippen molar-refractivity contribution in [1.82, 2.24) is 0 Å². The van der Waals surface area contributed by atoms with Crippen molar-refractivity contribution in [3.8, 4) is 23.0 Å². The summed E-state index contributed by atoms with van der Waals surface area (Å²) >= 11 is 0. The highest BCUT2D eigenvalue weighted by molar-refractivity contribution is 6.08. The van der Waals surface area contributed by atoms with Gasteiger partial charge in [0.15, 0.2) is 11.5 Å². The fourth-order valence-electron chi connectivity index (χ4n) is 5.16. The molecule has 7 nitrogen and oxygen atoms in total. The smallest absolute Gasteiger partial charge is 0.338 e. The number of carbonyl (C=O) groups excluding carboxylic acids is 1. The first kappa shape index (κ1) is 24.6. The molecule has 0 aromatic heterocycles. The third-order valence-electron chi connectivity index (χ3n) is 7.07. The molecule has 0 saturated carbocycles. The summed E-state index contributed by atoms with van der Waals surface area (Å²) in [5, 5.41) is 12.6. The highest BCUT2D eigenvalue weighted by atomic mass is 16.7. The molecular formula is C32H26O7. The monoisotopic (exact) mass is 522 g/mol. The fraction of sp³-hybridized carbons (Fsp3) is 0.156. The molecule has 6 rings (SSSR count). The molecule has 0 fully saturated rings. The zero-order valence-electron chi connectivity index (χ0n) is 21.5. The zero-order valence-corrected chi connectivity index (χ0v) is 21.5. The van der Waals surface area contributed by atoms with Crippen molar-refractivity contribution in [2.24, 2.45) is 0 Å². The van der Waals surface area contributed by atoms with Gasteiger partial charge in [0.25, 0.3) is 0 Å². The van der Waals surface area contributed by atoms with Gasteiger partial charge in [-0.1, -0.05) is 54.6 Å². The van der Waals surface area contributed by atoms with Gasteiger partial charge in [0.1, 0.15) is 23.7 Å². The minimum absolute atomic E-state index is 0.101. The second-order valence-electron chi connectivity index (χ2n) is 9.23. The van der Waals surface area contributed by atoms with Crippen molar-refractivity contribution in [3.63, 3.8) is 0 Å². The van der Waals surface area contributed by atoms with Crippen LogP contribution < -0.4 is 18.9 Å². The molecule has 2 aliphatic rings. The van der Waals surface area contributed by atoms with Crippen molar-refractivity contribution >= 4 is 11.5 Å². The Morgan fingerprint density at radius 1 is 0.872 bits per heavy atom. The van der Waals surface area contributed by atoms with E-state index >= 15 is 0 Å². The van der Waals surface area contributed by atoms with Crippen molar-refractivity contribution in [1.29, 1.82) is 0 Å². The van der Waals surface area contributed by atoms with Crippen LogP contribution in [0, 0.1) is 0 Å². The Bertz CT molecular complexity index is 1570. The van der Waals surface area contributed by atoms with Crippen molar-refractivity contribution in [2.45, 2.75) is 12.2 Å². The van der Waals surface area contributed by atoms with E-state index in [4.69, 9.17) is 23.7 Å². The standard InChI is InChI=1S/C32H26O7/c1-35-23-11-9-22(10-12-23)32(34)26-17-24(37-18-20-6-4-3-5-7-20)13-14-25(26)29(30(32)31(33)36-2)21-8-15-27-28(16-21)39-19-38-27/h3-17,34H,18-19H2,1-2H3. The molecule has 0 saturated heterocycles. The molecule has 1 heterocycles. The molecule has 0 bridgehead atoms. The Hall–Kier alpha value is -4.75. The SMILES string of the molecule is COC(=O)C1=C(c2ccc3c(c2)OCO3)c2ccc(OCc3ccccc3)cc2C1(O)c1ccc(OC)cc1. The largest absolute Gasteiger partial charge is 0.497 e. The molecule has 1 atom stereocenters. The molecule has 1 aliphatic carbocycles. The van der Waals surface area contributed by atoms with Crippen LogP contribution in [0.2, 0.25) is 0 Å². The van der Waals surface area contributed by atoms with E-state index in [1.165, 1.54) is 7.11 Å². The van der Waals surface area contributed by atoms with Crippen LogP contribution in [-0.4, -0.2) is 32.1 Å². The maximum atomic E-state index is 13.5. The lowest BCUT2D eigenvalue weighted by Gasteiger charge is -2.28. The first-order chi connectivity index (χ1) is 19.0. The van der Waals surface area contributed by atoms with Gasteiger partial charge in [-0.15, -0.1) is 0 Å². The van der Waals surface area contributed by atoms with Crippen LogP contribution in [0.3, 0.4) is 0 Å². The van der Waals surface area contributed by atoms with E-state index in [0.29, 0.717) is 57.4 Å². The average Bonchev–Trinajstić information content (AvgIpc) is 3.56. The number of methoxy groups -OCH3 is 2. The van der Waals surface area contributed by atoms with E-state index in [1.807, 2.05) is 54.6 Å². The highest BCUT2D eigenvalue weighted by Crippen LogP contribution is 2.53. The Morgan fingerprint density at radius 2 is 1.62 bits per heavy atom. The number of aliphatic hydroxyl groups is 1. The summed E-state index contributed by atoms with van der Waals surface area (Å²) in [5.41, 5.74) is 2.19. The first-order valence-electron chi connectivity index (χ1n) is 12.4. The normalized spacial score (nSPS) is 17.1. The number of fused-ring (bicyclic) bond motifs is 2. The summed E-state index contributed by atoms with van der Waals surface area (Å²) in [7, 11) is 2.88. The summed E-state index contributed by atoms with van der Waals surface area (Å²) in [4.78, 5) is 13.5. The summed E-state index contributed by atoms with van der Waals surface area (Å²) < 4.78 is 27.8. The molecule has 4 aromatic rings. The summed E-state index contributed by atoms with van der Waals surface area (Å²) in [6.07, 6.45) is 0. The topological polar surface area (TPSA) is 83.5 Å². The van der Waals surface area contributed by atoms with Gasteiger partial charge in [-0.2, -0.15) is 0 Å². The third kappa shape index (κ3) is 4.17. The average molecular weight is 523 g/mol. The minimum atomic E-state index is -1.83. The number of hydrogen-bond donors (Lipinski definition) is 1. The molecule has 1 unspecified atom stereocenters. The van der Waals surface area contributed by atoms with Crippen LogP contribution in [0.5, 0.6) is 23.0 Å². The van der Waals surface area contributed by atoms with Gasteiger partial charge in [0, 0.05) is 11.1 Å². The fourth-order valence-corrected chi connectivity index (χ4v) is 5.16. The van der Waals surface area contributed by atoms with Gasteiger partial charge in [-0.3, -0.25) is 0 Å². The molecule has 0 radical (unpaired) electrons. The predicted octanol–water partition coefficient (Wildman–Crippen LogP) is 5.23. The second-order valence-corrected chi connectivity index (χ2v) is 9.23. The summed E-state index contributed by atoms with van der Waals surface area (Å²) in [6, 6.07) is 27.7. The van der Waals surface area contributed by atoms with Gasteiger partial charge >= 0.3 is 5.97 Å². The molecule has 39 heavy (non-hydrogen) atoms. The van der Waals surface area contributed by atoms with E-state index in [0.717, 1.165) is 5.56 Å². The molecule has 7 heteroatoms. The van der Waals surface area contributed by atoms with Crippen molar-refractivity contribution in [2.75, 3.05) is 21.0 Å². The molecular weight excluding hydrogens is 496 g/mol. The zero-order chi connectivity index (χ0) is 27.0. The predicted molar refractivity (Wildman–Crippen MR) is 144 cm³/mol. The second kappa shape index (κ2) is 9.85. The lowest BCUT2D eigenvalue weighted by Crippen LogP contribution is -2.32. The van der Waals surface area contributed by atoms with E-state index in [1.54, 1.807) is 43.5 Å². The summed E-state index contributed by atoms with van der Waals surface area (Å²) in [5.74, 6) is 1.71. The number of benzene rings is 4. The maximum absolute atomic E-state index is 13.5. The van der Waals surface area contributed by atoms with Crippen molar-refractivity contribution < 1.29 is 33.6 Å². The highest BCUT2D eigenvalue weighted by Gasteiger charge is 2.49. The van der Waals surface area contributed by atoms with Crippen molar-refractivity contribution in [3.05, 3.63) is 124 Å². The van der Waals surface area contributed by atoms with E-state index in [2.05, 4.69) is 0 Å². The molecule has 1 aliphatic heterocycles. The maximum Gasteiger partial charge on any atom is 0.338 e. The quantitative estimate of drug-likeness (QED) is 0.333. The van der Waals surface area contributed by atoms with Gasteiger partial charge < -0.3 is 28.8 Å². The van der Waals surface area contributed by atoms with Gasteiger partial charge in [-0.05, 0) is 58.7 Å². The Kier molecular flexibility index (Phi) is 6.21. The van der Waals surface area contributed by atoms with Crippen LogP contribution in [0.1, 0.15) is 27.8 Å².